The number of esters is 1. The van der Waals surface area contributed by atoms with E-state index in [9.17, 15) is 9.59 Å². The van der Waals surface area contributed by atoms with Crippen LogP contribution in [0.1, 0.15) is 10.4 Å². The molecule has 2 heterocycles. The minimum absolute atomic E-state index is 0.0753. The Hall–Kier alpha value is -2.44. The number of amides is 1. The fourth-order valence-electron chi connectivity index (χ4n) is 2.53. The molecule has 3 rings (SSSR count). The Kier molecular flexibility index (Phi) is 5.85. The van der Waals surface area contributed by atoms with Crippen LogP contribution in [0.5, 0.6) is 0 Å². The molecule has 0 radical (unpaired) electrons. The van der Waals surface area contributed by atoms with Crippen molar-refractivity contribution in [2.24, 2.45) is 0 Å². The molecule has 0 fully saturated rings. The molecule has 0 saturated heterocycles. The molecular weight excluding hydrogens is 372 g/mol. The molecule has 0 N–H and O–H groups in total. The van der Waals surface area contributed by atoms with E-state index in [4.69, 9.17) is 16.3 Å². The third kappa shape index (κ3) is 4.59. The first kappa shape index (κ1) is 18.4. The zero-order chi connectivity index (χ0) is 18.5. The van der Waals surface area contributed by atoms with Crippen molar-refractivity contribution in [3.8, 4) is 0 Å². The summed E-state index contributed by atoms with van der Waals surface area (Å²) in [4.78, 5) is 31.0. The van der Waals surface area contributed by atoms with Crippen molar-refractivity contribution in [3.05, 3.63) is 63.4 Å². The maximum atomic E-state index is 12.1. The summed E-state index contributed by atoms with van der Waals surface area (Å²) >= 11 is 7.30. The smallest absolute Gasteiger partial charge is 0.310 e. The SMILES string of the molecule is CN(Cc1ccc(Cl)s1)C(=O)COC(=O)Cc1cccc2cccnc12. The number of likely N-dealkylation sites (N-methyl/N-ethyl adjacent to an activating group) is 1. The van der Waals surface area contributed by atoms with Crippen LogP contribution in [0.4, 0.5) is 0 Å². The summed E-state index contributed by atoms with van der Waals surface area (Å²) in [6.45, 7) is 0.146. The maximum absolute atomic E-state index is 12.1. The number of pyridine rings is 1. The molecule has 134 valence electrons. The first-order chi connectivity index (χ1) is 12.5. The van der Waals surface area contributed by atoms with E-state index in [1.54, 1.807) is 19.3 Å². The van der Waals surface area contributed by atoms with E-state index in [1.165, 1.54) is 16.2 Å². The predicted molar refractivity (Wildman–Crippen MR) is 102 cm³/mol. The lowest BCUT2D eigenvalue weighted by atomic mass is 10.1. The zero-order valence-electron chi connectivity index (χ0n) is 14.1. The van der Waals surface area contributed by atoms with Gasteiger partial charge in [0.15, 0.2) is 6.61 Å². The molecule has 0 atom stereocenters. The summed E-state index contributed by atoms with van der Waals surface area (Å²) in [6.07, 6.45) is 1.76. The topological polar surface area (TPSA) is 59.5 Å². The molecule has 0 aliphatic rings. The Labute approximate surface area is 160 Å². The van der Waals surface area contributed by atoms with E-state index < -0.39 is 5.97 Å². The number of carbonyl (C=O) groups is 2. The number of benzene rings is 1. The standard InChI is InChI=1S/C19H17ClN2O3S/c1-22(11-15-7-8-16(20)26-15)17(23)12-25-18(24)10-14-5-2-4-13-6-3-9-21-19(13)14/h2-9H,10-12H2,1H3. The lowest BCUT2D eigenvalue weighted by Crippen LogP contribution is -2.30. The Morgan fingerprint density at radius 1 is 1.19 bits per heavy atom. The number of aromatic nitrogens is 1. The number of fused-ring (bicyclic) bond motifs is 1. The van der Waals surface area contributed by atoms with Gasteiger partial charge in [0.1, 0.15) is 0 Å². The van der Waals surface area contributed by atoms with Crippen LogP contribution in [0, 0.1) is 0 Å². The molecule has 0 saturated carbocycles. The fraction of sp³-hybridized carbons (Fsp3) is 0.211. The molecule has 7 heteroatoms. The van der Waals surface area contributed by atoms with E-state index in [1.807, 2.05) is 36.4 Å². The summed E-state index contributed by atoms with van der Waals surface area (Å²) in [5.41, 5.74) is 1.55. The van der Waals surface area contributed by atoms with E-state index >= 15 is 0 Å². The molecule has 1 amide bonds. The van der Waals surface area contributed by atoms with Crippen LogP contribution in [0.15, 0.2) is 48.7 Å². The van der Waals surface area contributed by atoms with E-state index in [0.717, 1.165) is 21.3 Å². The summed E-state index contributed by atoms with van der Waals surface area (Å²) in [5, 5.41) is 0.961. The monoisotopic (exact) mass is 388 g/mol. The van der Waals surface area contributed by atoms with Gasteiger partial charge >= 0.3 is 5.97 Å². The van der Waals surface area contributed by atoms with Gasteiger partial charge in [-0.3, -0.25) is 14.6 Å². The average Bonchev–Trinajstić information content (AvgIpc) is 3.04. The molecule has 3 aromatic rings. The summed E-state index contributed by atoms with van der Waals surface area (Å²) in [6, 6.07) is 13.1. The maximum Gasteiger partial charge on any atom is 0.310 e. The van der Waals surface area contributed by atoms with E-state index in [0.29, 0.717) is 10.9 Å². The number of para-hydroxylation sites is 1. The predicted octanol–water partition coefficient (Wildman–Crippen LogP) is 3.69. The van der Waals surface area contributed by atoms with Crippen molar-refractivity contribution < 1.29 is 14.3 Å². The van der Waals surface area contributed by atoms with Gasteiger partial charge in [-0.15, -0.1) is 11.3 Å². The molecule has 0 aliphatic heterocycles. The summed E-state index contributed by atoms with van der Waals surface area (Å²) in [5.74, 6) is -0.719. The van der Waals surface area contributed by atoms with Gasteiger partial charge in [-0.05, 0) is 23.8 Å². The highest BCUT2D eigenvalue weighted by atomic mass is 35.5. The first-order valence-corrected chi connectivity index (χ1v) is 9.19. The highest BCUT2D eigenvalue weighted by Crippen LogP contribution is 2.22. The van der Waals surface area contributed by atoms with Crippen molar-refractivity contribution in [2.45, 2.75) is 13.0 Å². The van der Waals surface area contributed by atoms with Crippen molar-refractivity contribution in [3.63, 3.8) is 0 Å². The Balaban J connectivity index is 1.54. The van der Waals surface area contributed by atoms with Gasteiger partial charge in [-0.2, -0.15) is 0 Å². The van der Waals surface area contributed by atoms with Gasteiger partial charge in [-0.1, -0.05) is 35.9 Å². The van der Waals surface area contributed by atoms with Crippen LogP contribution in [-0.4, -0.2) is 35.4 Å². The Morgan fingerprint density at radius 2 is 2.00 bits per heavy atom. The molecule has 5 nitrogen and oxygen atoms in total. The minimum atomic E-state index is -0.455. The van der Waals surface area contributed by atoms with E-state index in [2.05, 4.69) is 4.98 Å². The van der Waals surface area contributed by atoms with E-state index in [-0.39, 0.29) is 18.9 Å². The summed E-state index contributed by atoms with van der Waals surface area (Å²) < 4.78 is 5.82. The number of ether oxygens (including phenoxy) is 1. The molecule has 0 aliphatic carbocycles. The fourth-order valence-corrected chi connectivity index (χ4v) is 3.67. The van der Waals surface area contributed by atoms with Crippen LogP contribution in [0.3, 0.4) is 0 Å². The number of rotatable bonds is 6. The van der Waals surface area contributed by atoms with Gasteiger partial charge in [0.05, 0.1) is 22.8 Å². The largest absolute Gasteiger partial charge is 0.455 e. The van der Waals surface area contributed by atoms with Gasteiger partial charge in [0.25, 0.3) is 5.91 Å². The molecule has 0 unspecified atom stereocenters. The lowest BCUT2D eigenvalue weighted by Gasteiger charge is -2.16. The molecule has 0 spiro atoms. The van der Waals surface area contributed by atoms with Gasteiger partial charge < -0.3 is 9.64 Å². The third-order valence-corrected chi connectivity index (χ3v) is 5.07. The lowest BCUT2D eigenvalue weighted by molar-refractivity contribution is -0.151. The number of hydrogen-bond acceptors (Lipinski definition) is 5. The number of nitrogens with zero attached hydrogens (tertiary/aromatic N) is 2. The van der Waals surface area contributed by atoms with Crippen LogP contribution in [0.25, 0.3) is 10.9 Å². The second-order valence-corrected chi connectivity index (χ2v) is 7.58. The van der Waals surface area contributed by atoms with Gasteiger partial charge in [0, 0.05) is 23.5 Å². The second-order valence-electron chi connectivity index (χ2n) is 5.79. The average molecular weight is 389 g/mol. The quantitative estimate of drug-likeness (QED) is 0.604. The van der Waals surface area contributed by atoms with Crippen LogP contribution in [-0.2, 0) is 27.3 Å². The molecular formula is C19H17ClN2O3S. The number of thiophene rings is 1. The van der Waals surface area contributed by atoms with Crippen LogP contribution >= 0.6 is 22.9 Å². The normalized spacial score (nSPS) is 10.7. The molecule has 0 bridgehead atoms. The van der Waals surface area contributed by atoms with Crippen molar-refractivity contribution in [1.29, 1.82) is 0 Å². The first-order valence-electron chi connectivity index (χ1n) is 7.99. The number of halogens is 1. The number of carbonyl (C=O) groups excluding carboxylic acids is 2. The molecule has 2 aromatic heterocycles. The van der Waals surface area contributed by atoms with Crippen molar-refractivity contribution in [1.82, 2.24) is 9.88 Å². The second kappa shape index (κ2) is 8.29. The highest BCUT2D eigenvalue weighted by molar-refractivity contribution is 7.16. The van der Waals surface area contributed by atoms with Crippen molar-refractivity contribution >= 4 is 45.7 Å². The van der Waals surface area contributed by atoms with Gasteiger partial charge in [-0.25, -0.2) is 0 Å². The van der Waals surface area contributed by atoms with Crippen LogP contribution < -0.4 is 0 Å². The third-order valence-electron chi connectivity index (χ3n) is 3.86. The Bertz CT molecular complexity index is 936. The summed E-state index contributed by atoms with van der Waals surface area (Å²) in [7, 11) is 1.67. The highest BCUT2D eigenvalue weighted by Gasteiger charge is 2.15. The minimum Gasteiger partial charge on any atom is -0.455 e. The van der Waals surface area contributed by atoms with Gasteiger partial charge in [0.2, 0.25) is 0 Å². The van der Waals surface area contributed by atoms with Crippen LogP contribution in [0.2, 0.25) is 4.34 Å². The Morgan fingerprint density at radius 3 is 2.77 bits per heavy atom. The van der Waals surface area contributed by atoms with Crippen molar-refractivity contribution in [2.75, 3.05) is 13.7 Å². The molecule has 1 aromatic carbocycles. The number of hydrogen-bond donors (Lipinski definition) is 0. The molecule has 26 heavy (non-hydrogen) atoms. The zero-order valence-corrected chi connectivity index (χ0v) is 15.7.